The van der Waals surface area contributed by atoms with Crippen LogP contribution in [0.25, 0.3) is 10.9 Å². The Balaban J connectivity index is 2.32. The molecule has 0 unspecified atom stereocenters. The fourth-order valence-electron chi connectivity index (χ4n) is 1.76. The van der Waals surface area contributed by atoms with Gasteiger partial charge < -0.3 is 4.57 Å². The van der Waals surface area contributed by atoms with Crippen LogP contribution in [0.4, 0.5) is 4.39 Å². The second kappa shape index (κ2) is 2.34. The molecule has 1 saturated carbocycles. The van der Waals surface area contributed by atoms with Gasteiger partial charge in [-0.25, -0.2) is 4.39 Å². The highest BCUT2D eigenvalue weighted by Gasteiger charge is 2.24. The SMILES string of the molecule is Fc1c[c]cc2c1ccn2C1CC1. The topological polar surface area (TPSA) is 4.93 Å². The molecule has 13 heavy (non-hydrogen) atoms. The van der Waals surface area contributed by atoms with Crippen molar-refractivity contribution in [3.05, 3.63) is 36.3 Å². The number of benzene rings is 1. The molecule has 1 heterocycles. The average Bonchev–Trinajstić information content (AvgIpc) is 2.87. The van der Waals surface area contributed by atoms with Crippen molar-refractivity contribution in [2.24, 2.45) is 0 Å². The second-order valence-electron chi connectivity index (χ2n) is 3.56. The summed E-state index contributed by atoms with van der Waals surface area (Å²) in [5, 5.41) is 0.714. The number of hydrogen-bond donors (Lipinski definition) is 0. The minimum absolute atomic E-state index is 0.170. The van der Waals surface area contributed by atoms with Crippen LogP contribution in [0.15, 0.2) is 24.4 Å². The maximum Gasteiger partial charge on any atom is 0.133 e. The first kappa shape index (κ1) is 7.13. The van der Waals surface area contributed by atoms with Crippen molar-refractivity contribution < 1.29 is 4.39 Å². The van der Waals surface area contributed by atoms with Crippen LogP contribution in [0.3, 0.4) is 0 Å². The van der Waals surface area contributed by atoms with Gasteiger partial charge in [0, 0.05) is 17.6 Å². The van der Waals surface area contributed by atoms with Crippen molar-refractivity contribution in [3.8, 4) is 0 Å². The van der Waals surface area contributed by atoms with E-state index in [1.54, 1.807) is 0 Å². The molecule has 2 heteroatoms. The van der Waals surface area contributed by atoms with Crippen molar-refractivity contribution in [3.63, 3.8) is 0 Å². The first-order chi connectivity index (χ1) is 6.36. The van der Waals surface area contributed by atoms with Crippen LogP contribution in [0.1, 0.15) is 18.9 Å². The van der Waals surface area contributed by atoms with Crippen molar-refractivity contribution >= 4 is 10.9 Å². The molecule has 65 valence electrons. The van der Waals surface area contributed by atoms with E-state index in [1.165, 1.54) is 18.9 Å². The van der Waals surface area contributed by atoms with Crippen LogP contribution in [0.2, 0.25) is 0 Å². The van der Waals surface area contributed by atoms with E-state index in [2.05, 4.69) is 10.6 Å². The molecule has 1 nitrogen and oxygen atoms in total. The van der Waals surface area contributed by atoms with Gasteiger partial charge in [-0.3, -0.25) is 0 Å². The first-order valence-electron chi connectivity index (χ1n) is 4.52. The third-order valence-corrected chi connectivity index (χ3v) is 2.58. The Morgan fingerprint density at radius 1 is 1.38 bits per heavy atom. The van der Waals surface area contributed by atoms with Crippen LogP contribution in [0.5, 0.6) is 0 Å². The molecule has 0 N–H and O–H groups in total. The Kier molecular flexibility index (Phi) is 1.29. The van der Waals surface area contributed by atoms with Gasteiger partial charge in [0.15, 0.2) is 0 Å². The van der Waals surface area contributed by atoms with Gasteiger partial charge in [0.1, 0.15) is 5.82 Å². The molecule has 0 saturated heterocycles. The summed E-state index contributed by atoms with van der Waals surface area (Å²) in [6.45, 7) is 0. The molecule has 1 radical (unpaired) electrons. The zero-order chi connectivity index (χ0) is 8.84. The molecule has 0 aliphatic heterocycles. The third kappa shape index (κ3) is 0.981. The molecule has 2 aromatic rings. The third-order valence-electron chi connectivity index (χ3n) is 2.58. The van der Waals surface area contributed by atoms with Crippen molar-refractivity contribution in [2.75, 3.05) is 0 Å². The number of nitrogens with zero attached hydrogens (tertiary/aromatic N) is 1. The molecule has 0 spiro atoms. The van der Waals surface area contributed by atoms with Crippen LogP contribution >= 0.6 is 0 Å². The highest BCUT2D eigenvalue weighted by molar-refractivity contribution is 5.80. The maximum atomic E-state index is 13.2. The molecule has 1 aromatic carbocycles. The van der Waals surface area contributed by atoms with E-state index in [4.69, 9.17) is 0 Å². The summed E-state index contributed by atoms with van der Waals surface area (Å²) in [7, 11) is 0. The lowest BCUT2D eigenvalue weighted by Gasteiger charge is -2.01. The standard InChI is InChI=1S/C11H9FN/c12-10-2-1-3-11-9(10)6-7-13(11)8-4-5-8/h2-3,6-8H,4-5H2. The van der Waals surface area contributed by atoms with Crippen molar-refractivity contribution in [1.29, 1.82) is 0 Å². The van der Waals surface area contributed by atoms with Gasteiger partial charge in [0.2, 0.25) is 0 Å². The Morgan fingerprint density at radius 2 is 2.23 bits per heavy atom. The van der Waals surface area contributed by atoms with E-state index >= 15 is 0 Å². The summed E-state index contributed by atoms with van der Waals surface area (Å²) >= 11 is 0. The highest BCUT2D eigenvalue weighted by atomic mass is 19.1. The summed E-state index contributed by atoms with van der Waals surface area (Å²) in [6.07, 6.45) is 4.42. The van der Waals surface area contributed by atoms with Gasteiger partial charge in [0.05, 0.1) is 5.52 Å². The molecule has 3 rings (SSSR count). The number of fused-ring (bicyclic) bond motifs is 1. The molecule has 1 fully saturated rings. The van der Waals surface area contributed by atoms with Gasteiger partial charge in [-0.15, -0.1) is 0 Å². The van der Waals surface area contributed by atoms with E-state index in [0.717, 1.165) is 5.52 Å². The quantitative estimate of drug-likeness (QED) is 0.626. The largest absolute Gasteiger partial charge is 0.344 e. The molecular formula is C11H9FN. The van der Waals surface area contributed by atoms with Gasteiger partial charge in [-0.05, 0) is 37.1 Å². The normalized spacial score (nSPS) is 16.7. The molecular weight excluding hydrogens is 165 g/mol. The number of halogens is 1. The number of hydrogen-bond acceptors (Lipinski definition) is 0. The summed E-state index contributed by atoms with van der Waals surface area (Å²) in [5.74, 6) is -0.170. The van der Waals surface area contributed by atoms with Crippen molar-refractivity contribution in [2.45, 2.75) is 18.9 Å². The lowest BCUT2D eigenvalue weighted by Crippen LogP contribution is -1.90. The maximum absolute atomic E-state index is 13.2. The fourth-order valence-corrected chi connectivity index (χ4v) is 1.76. The summed E-state index contributed by atoms with van der Waals surface area (Å²) in [6, 6.07) is 8.51. The molecule has 0 amide bonds. The number of rotatable bonds is 1. The Labute approximate surface area is 75.8 Å². The average molecular weight is 174 g/mol. The minimum atomic E-state index is -0.170. The van der Waals surface area contributed by atoms with Gasteiger partial charge >= 0.3 is 0 Å². The van der Waals surface area contributed by atoms with E-state index in [-0.39, 0.29) is 5.82 Å². The Morgan fingerprint density at radius 3 is 3.00 bits per heavy atom. The molecule has 1 aliphatic carbocycles. The molecule has 1 aliphatic rings. The Bertz CT molecular complexity index is 454. The van der Waals surface area contributed by atoms with E-state index < -0.39 is 0 Å². The van der Waals surface area contributed by atoms with Crippen LogP contribution in [-0.2, 0) is 0 Å². The first-order valence-corrected chi connectivity index (χ1v) is 4.52. The molecule has 0 bridgehead atoms. The van der Waals surface area contributed by atoms with E-state index in [9.17, 15) is 4.39 Å². The highest BCUT2D eigenvalue weighted by Crippen LogP contribution is 2.37. The zero-order valence-electron chi connectivity index (χ0n) is 7.13. The zero-order valence-corrected chi connectivity index (χ0v) is 7.13. The van der Waals surface area contributed by atoms with Gasteiger partial charge in [-0.2, -0.15) is 0 Å². The smallest absolute Gasteiger partial charge is 0.133 e. The predicted octanol–water partition coefficient (Wildman–Crippen LogP) is 2.92. The second-order valence-corrected chi connectivity index (χ2v) is 3.56. The number of aromatic nitrogens is 1. The van der Waals surface area contributed by atoms with Crippen molar-refractivity contribution in [1.82, 2.24) is 4.57 Å². The van der Waals surface area contributed by atoms with E-state index in [1.807, 2.05) is 18.3 Å². The molecule has 1 aromatic heterocycles. The lowest BCUT2D eigenvalue weighted by atomic mass is 10.2. The van der Waals surface area contributed by atoms with E-state index in [0.29, 0.717) is 11.4 Å². The summed E-state index contributed by atoms with van der Waals surface area (Å²) in [5.41, 5.74) is 0.975. The summed E-state index contributed by atoms with van der Waals surface area (Å²) in [4.78, 5) is 0. The Hall–Kier alpha value is -1.31. The van der Waals surface area contributed by atoms with Crippen LogP contribution in [0, 0.1) is 11.9 Å². The lowest BCUT2D eigenvalue weighted by molar-refractivity contribution is 0.639. The predicted molar refractivity (Wildman–Crippen MR) is 49.0 cm³/mol. The van der Waals surface area contributed by atoms with Crippen LogP contribution in [-0.4, -0.2) is 4.57 Å². The van der Waals surface area contributed by atoms with Crippen LogP contribution < -0.4 is 0 Å². The molecule has 0 atom stereocenters. The van der Waals surface area contributed by atoms with Gasteiger partial charge in [0.25, 0.3) is 0 Å². The minimum Gasteiger partial charge on any atom is -0.344 e. The fraction of sp³-hybridized carbons (Fsp3) is 0.273. The summed E-state index contributed by atoms with van der Waals surface area (Å²) < 4.78 is 15.4. The van der Waals surface area contributed by atoms with Gasteiger partial charge in [-0.1, -0.05) is 0 Å². The monoisotopic (exact) mass is 174 g/mol.